The van der Waals surface area contributed by atoms with E-state index in [1.165, 1.54) is 11.3 Å². The number of carbonyl (C=O) groups excluding carboxylic acids is 1. The molecule has 5 rings (SSSR count). The molecule has 0 saturated heterocycles. The van der Waals surface area contributed by atoms with Gasteiger partial charge in [-0.3, -0.25) is 9.78 Å². The molecule has 1 aromatic carbocycles. The van der Waals surface area contributed by atoms with Crippen LogP contribution in [0.5, 0.6) is 5.75 Å². The first kappa shape index (κ1) is 19.9. The van der Waals surface area contributed by atoms with E-state index >= 15 is 0 Å². The van der Waals surface area contributed by atoms with Crippen molar-refractivity contribution < 1.29 is 14.6 Å². The second-order valence-electron chi connectivity index (χ2n) is 7.11. The van der Waals surface area contributed by atoms with E-state index in [1.807, 2.05) is 53.2 Å². The first-order valence-corrected chi connectivity index (χ1v) is 11.6. The molecule has 1 atom stereocenters. The second kappa shape index (κ2) is 8.58. The first-order valence-electron chi connectivity index (χ1n) is 9.82. The number of thiophene rings is 1. The van der Waals surface area contributed by atoms with Crippen molar-refractivity contribution >= 4 is 28.6 Å². The van der Waals surface area contributed by atoms with Crippen LogP contribution in [-0.2, 0) is 6.54 Å². The molecule has 1 N–H and O–H groups in total. The Kier molecular flexibility index (Phi) is 5.50. The number of benzene rings is 1. The molecule has 1 amide bonds. The third-order valence-corrected chi connectivity index (χ3v) is 6.97. The maximum atomic E-state index is 13.1. The number of fused-ring (bicyclic) bond motifs is 1. The second-order valence-corrected chi connectivity index (χ2v) is 8.92. The minimum Gasteiger partial charge on any atom is -0.491 e. The number of nitrogens with zero attached hydrogens (tertiary/aromatic N) is 3. The van der Waals surface area contributed by atoms with Gasteiger partial charge >= 0.3 is 0 Å². The van der Waals surface area contributed by atoms with Crippen LogP contribution in [0.25, 0.3) is 9.88 Å². The van der Waals surface area contributed by atoms with Gasteiger partial charge in [0.1, 0.15) is 29.2 Å². The highest BCUT2D eigenvalue weighted by Crippen LogP contribution is 2.31. The van der Waals surface area contributed by atoms with Crippen LogP contribution >= 0.6 is 22.7 Å². The lowest BCUT2D eigenvalue weighted by Gasteiger charge is -2.19. The summed E-state index contributed by atoms with van der Waals surface area (Å²) in [6.07, 6.45) is 0.815. The lowest BCUT2D eigenvalue weighted by Crippen LogP contribution is -2.32. The third-order valence-electron chi connectivity index (χ3n) is 5.09. The molecule has 0 radical (unpaired) electrons. The Bertz CT molecular complexity index is 1190. The standard InChI is InChI=1S/C23H19N3O3S2/c27-21(17-4-1-2-8-24-17)15-6-7-19-16(12-15)13-26(9-10-29-19)23(28)18-14-31-22(25-18)20-5-3-11-30-20/h1-8,11-12,14,21,27H,9-10,13H2. The predicted octanol–water partition coefficient (Wildman–Crippen LogP) is 4.38. The highest BCUT2D eigenvalue weighted by molar-refractivity contribution is 7.20. The van der Waals surface area contributed by atoms with Gasteiger partial charge < -0.3 is 14.7 Å². The number of carbonyl (C=O) groups is 1. The number of thiazole rings is 1. The Labute approximate surface area is 187 Å². The monoisotopic (exact) mass is 449 g/mol. The van der Waals surface area contributed by atoms with Gasteiger partial charge in [0.05, 0.1) is 17.1 Å². The highest BCUT2D eigenvalue weighted by atomic mass is 32.1. The number of hydrogen-bond acceptors (Lipinski definition) is 7. The summed E-state index contributed by atoms with van der Waals surface area (Å²) < 4.78 is 5.86. The fourth-order valence-electron chi connectivity index (χ4n) is 3.51. The summed E-state index contributed by atoms with van der Waals surface area (Å²) in [5, 5.41) is 15.4. The zero-order valence-electron chi connectivity index (χ0n) is 16.5. The van der Waals surface area contributed by atoms with E-state index in [1.54, 1.807) is 28.5 Å². The van der Waals surface area contributed by atoms with Gasteiger partial charge in [0, 0.05) is 23.7 Å². The molecule has 0 aliphatic carbocycles. The number of aromatic nitrogens is 2. The molecule has 1 unspecified atom stereocenters. The van der Waals surface area contributed by atoms with Gasteiger partial charge in [-0.2, -0.15) is 0 Å². The van der Waals surface area contributed by atoms with Crippen LogP contribution in [0.15, 0.2) is 65.5 Å². The number of aliphatic hydroxyl groups excluding tert-OH is 1. The Hall–Kier alpha value is -3.07. The molecule has 1 aliphatic heterocycles. The summed E-state index contributed by atoms with van der Waals surface area (Å²) in [6.45, 7) is 1.27. The summed E-state index contributed by atoms with van der Waals surface area (Å²) in [7, 11) is 0. The average molecular weight is 450 g/mol. The summed E-state index contributed by atoms with van der Waals surface area (Å²) in [6, 6.07) is 15.0. The summed E-state index contributed by atoms with van der Waals surface area (Å²) >= 11 is 3.08. The van der Waals surface area contributed by atoms with Crippen molar-refractivity contribution in [2.75, 3.05) is 13.2 Å². The fourth-order valence-corrected chi connectivity index (χ4v) is 5.12. The molecule has 31 heavy (non-hydrogen) atoms. The number of ether oxygens (including phenoxy) is 1. The van der Waals surface area contributed by atoms with Gasteiger partial charge in [0.15, 0.2) is 0 Å². The van der Waals surface area contributed by atoms with Gasteiger partial charge in [-0.15, -0.1) is 22.7 Å². The topological polar surface area (TPSA) is 75.6 Å². The fraction of sp³-hybridized carbons (Fsp3) is 0.174. The quantitative estimate of drug-likeness (QED) is 0.500. The number of aliphatic hydroxyl groups is 1. The normalized spacial score (nSPS) is 14.4. The van der Waals surface area contributed by atoms with Crippen LogP contribution in [0.1, 0.15) is 33.4 Å². The Morgan fingerprint density at radius 1 is 1.16 bits per heavy atom. The van der Waals surface area contributed by atoms with E-state index < -0.39 is 6.10 Å². The van der Waals surface area contributed by atoms with Crippen LogP contribution in [-0.4, -0.2) is 39.0 Å². The van der Waals surface area contributed by atoms with E-state index in [-0.39, 0.29) is 5.91 Å². The largest absolute Gasteiger partial charge is 0.491 e. The third kappa shape index (κ3) is 4.10. The van der Waals surface area contributed by atoms with Gasteiger partial charge in [-0.1, -0.05) is 18.2 Å². The summed E-state index contributed by atoms with van der Waals surface area (Å²) in [5.74, 6) is 0.607. The van der Waals surface area contributed by atoms with Crippen LogP contribution in [0.2, 0.25) is 0 Å². The van der Waals surface area contributed by atoms with Gasteiger partial charge in [0.2, 0.25) is 0 Å². The lowest BCUT2D eigenvalue weighted by molar-refractivity contribution is 0.0728. The molecule has 4 heterocycles. The van der Waals surface area contributed by atoms with Crippen LogP contribution in [0, 0.1) is 0 Å². The smallest absolute Gasteiger partial charge is 0.273 e. The maximum Gasteiger partial charge on any atom is 0.273 e. The Morgan fingerprint density at radius 3 is 2.90 bits per heavy atom. The van der Waals surface area contributed by atoms with Crippen LogP contribution in [0.3, 0.4) is 0 Å². The maximum absolute atomic E-state index is 13.1. The molecule has 156 valence electrons. The zero-order chi connectivity index (χ0) is 21.2. The first-order chi connectivity index (χ1) is 15.2. The Balaban J connectivity index is 1.38. The zero-order valence-corrected chi connectivity index (χ0v) is 18.1. The van der Waals surface area contributed by atoms with Gasteiger partial charge in [-0.25, -0.2) is 4.98 Å². The lowest BCUT2D eigenvalue weighted by atomic mass is 10.0. The van der Waals surface area contributed by atoms with Crippen molar-refractivity contribution in [2.24, 2.45) is 0 Å². The average Bonchev–Trinajstić information content (AvgIpc) is 3.47. The molecule has 6 nitrogen and oxygen atoms in total. The molecule has 4 aromatic rings. The van der Waals surface area contributed by atoms with E-state index in [0.29, 0.717) is 36.6 Å². The number of amides is 1. The van der Waals surface area contributed by atoms with Crippen LogP contribution in [0.4, 0.5) is 0 Å². The van der Waals surface area contributed by atoms with Crippen LogP contribution < -0.4 is 4.74 Å². The molecule has 1 aliphatic rings. The summed E-state index contributed by atoms with van der Waals surface area (Å²) in [5.41, 5.74) is 2.59. The van der Waals surface area contributed by atoms with Crippen molar-refractivity contribution in [1.82, 2.24) is 14.9 Å². The SMILES string of the molecule is O=C(c1csc(-c2cccs2)n1)N1CCOc2ccc(C(O)c3ccccn3)cc2C1. The van der Waals surface area contributed by atoms with E-state index in [2.05, 4.69) is 9.97 Å². The minimum atomic E-state index is -0.842. The van der Waals surface area contributed by atoms with E-state index in [0.717, 1.165) is 21.2 Å². The molecule has 0 saturated carbocycles. The molecular weight excluding hydrogens is 430 g/mol. The molecule has 3 aromatic heterocycles. The van der Waals surface area contributed by atoms with Crippen molar-refractivity contribution in [3.05, 3.63) is 88.0 Å². The number of hydrogen-bond donors (Lipinski definition) is 1. The van der Waals surface area contributed by atoms with E-state index in [4.69, 9.17) is 4.74 Å². The van der Waals surface area contributed by atoms with Crippen molar-refractivity contribution in [3.63, 3.8) is 0 Å². The Morgan fingerprint density at radius 2 is 2.10 bits per heavy atom. The van der Waals surface area contributed by atoms with Gasteiger partial charge in [-0.05, 0) is 41.3 Å². The minimum absolute atomic E-state index is 0.119. The van der Waals surface area contributed by atoms with Crippen molar-refractivity contribution in [1.29, 1.82) is 0 Å². The van der Waals surface area contributed by atoms with E-state index in [9.17, 15) is 9.90 Å². The molecule has 0 spiro atoms. The highest BCUT2D eigenvalue weighted by Gasteiger charge is 2.24. The van der Waals surface area contributed by atoms with Crippen molar-refractivity contribution in [3.8, 4) is 15.6 Å². The number of rotatable bonds is 4. The summed E-state index contributed by atoms with van der Waals surface area (Å²) in [4.78, 5) is 24.7. The molecule has 0 bridgehead atoms. The molecule has 8 heteroatoms. The van der Waals surface area contributed by atoms with Gasteiger partial charge in [0.25, 0.3) is 5.91 Å². The van der Waals surface area contributed by atoms with Crippen molar-refractivity contribution in [2.45, 2.75) is 12.6 Å². The number of pyridine rings is 1. The molecule has 0 fully saturated rings. The predicted molar refractivity (Wildman–Crippen MR) is 120 cm³/mol. The molecular formula is C23H19N3O3S2.